The molecular formula is C18H23N5O4. The van der Waals surface area contributed by atoms with Gasteiger partial charge in [-0.25, -0.2) is 4.79 Å². The van der Waals surface area contributed by atoms with Gasteiger partial charge in [0.15, 0.2) is 5.82 Å². The standard InChI is InChI=1S/C18H23N5O4/c1-11(2)20-16(24)12-5-3-6-13(9-12)21-18(25)19-10-15-22-17(27-23-15)14-7-4-8-26-14/h3,5-6,9,11,14H,4,7-8,10H2,1-2H3,(H,20,24)(H2,19,21,25)/t14-/m1/s1. The average molecular weight is 373 g/mol. The van der Waals surface area contributed by atoms with Crippen molar-refractivity contribution in [2.75, 3.05) is 11.9 Å². The minimum absolute atomic E-state index is 0.0342. The van der Waals surface area contributed by atoms with Crippen LogP contribution in [0.4, 0.5) is 10.5 Å². The maximum Gasteiger partial charge on any atom is 0.319 e. The normalized spacial score (nSPS) is 16.3. The van der Waals surface area contributed by atoms with Crippen molar-refractivity contribution in [3.63, 3.8) is 0 Å². The van der Waals surface area contributed by atoms with Crippen LogP contribution in [0.1, 0.15) is 54.9 Å². The largest absolute Gasteiger partial charge is 0.368 e. The summed E-state index contributed by atoms with van der Waals surface area (Å²) in [6.07, 6.45) is 1.67. The molecule has 2 aromatic rings. The van der Waals surface area contributed by atoms with Crippen LogP contribution in [-0.2, 0) is 11.3 Å². The maximum absolute atomic E-state index is 12.1. The van der Waals surface area contributed by atoms with Crippen molar-refractivity contribution in [3.05, 3.63) is 41.5 Å². The smallest absolute Gasteiger partial charge is 0.319 e. The molecule has 9 heteroatoms. The Balaban J connectivity index is 1.51. The zero-order valence-electron chi connectivity index (χ0n) is 15.3. The quantitative estimate of drug-likeness (QED) is 0.715. The highest BCUT2D eigenvalue weighted by molar-refractivity contribution is 5.96. The van der Waals surface area contributed by atoms with E-state index in [2.05, 4.69) is 26.1 Å². The molecule has 1 atom stereocenters. The number of carbonyl (C=O) groups is 2. The highest BCUT2D eigenvalue weighted by Crippen LogP contribution is 2.26. The minimum atomic E-state index is -0.431. The van der Waals surface area contributed by atoms with E-state index in [1.54, 1.807) is 24.3 Å². The fourth-order valence-corrected chi connectivity index (χ4v) is 2.66. The number of benzene rings is 1. The predicted octanol–water partition coefficient (Wildman–Crippen LogP) is 2.38. The second-order valence-corrected chi connectivity index (χ2v) is 6.57. The highest BCUT2D eigenvalue weighted by atomic mass is 16.5. The Hall–Kier alpha value is -2.94. The molecule has 1 aliphatic rings. The highest BCUT2D eigenvalue weighted by Gasteiger charge is 2.23. The molecule has 0 unspecified atom stereocenters. The summed E-state index contributed by atoms with van der Waals surface area (Å²) in [7, 11) is 0. The summed E-state index contributed by atoms with van der Waals surface area (Å²) in [6, 6.07) is 6.31. The monoisotopic (exact) mass is 373 g/mol. The molecule has 0 saturated carbocycles. The first kappa shape index (κ1) is 18.8. The predicted molar refractivity (Wildman–Crippen MR) is 97.1 cm³/mol. The van der Waals surface area contributed by atoms with Gasteiger partial charge in [-0.05, 0) is 44.9 Å². The average Bonchev–Trinajstić information content (AvgIpc) is 3.31. The third-order valence-corrected chi connectivity index (χ3v) is 3.90. The van der Waals surface area contributed by atoms with E-state index in [-0.39, 0.29) is 24.6 Å². The Morgan fingerprint density at radius 2 is 2.19 bits per heavy atom. The molecule has 1 fully saturated rings. The Morgan fingerprint density at radius 1 is 1.33 bits per heavy atom. The van der Waals surface area contributed by atoms with E-state index in [0.717, 1.165) is 12.8 Å². The molecule has 27 heavy (non-hydrogen) atoms. The number of anilines is 1. The number of hydrogen-bond donors (Lipinski definition) is 3. The number of hydrogen-bond acceptors (Lipinski definition) is 6. The molecule has 3 rings (SSSR count). The van der Waals surface area contributed by atoms with Crippen molar-refractivity contribution in [3.8, 4) is 0 Å². The van der Waals surface area contributed by atoms with Gasteiger partial charge < -0.3 is 25.2 Å². The van der Waals surface area contributed by atoms with Gasteiger partial charge in [0, 0.05) is 23.9 Å². The summed E-state index contributed by atoms with van der Waals surface area (Å²) in [4.78, 5) is 28.4. The van der Waals surface area contributed by atoms with Crippen molar-refractivity contribution < 1.29 is 18.8 Å². The summed E-state index contributed by atoms with van der Waals surface area (Å²) >= 11 is 0. The molecule has 0 radical (unpaired) electrons. The fourth-order valence-electron chi connectivity index (χ4n) is 2.66. The van der Waals surface area contributed by atoms with Crippen molar-refractivity contribution in [1.29, 1.82) is 0 Å². The zero-order chi connectivity index (χ0) is 19.2. The van der Waals surface area contributed by atoms with Crippen LogP contribution >= 0.6 is 0 Å². The number of aromatic nitrogens is 2. The van der Waals surface area contributed by atoms with E-state index in [1.807, 2.05) is 13.8 Å². The van der Waals surface area contributed by atoms with Crippen molar-refractivity contribution >= 4 is 17.6 Å². The SMILES string of the molecule is CC(C)NC(=O)c1cccc(NC(=O)NCc2noc([C@H]3CCCO3)n2)c1. The number of carbonyl (C=O) groups excluding carboxylic acids is 2. The van der Waals surface area contributed by atoms with Gasteiger partial charge >= 0.3 is 6.03 Å². The fraction of sp³-hybridized carbons (Fsp3) is 0.444. The number of nitrogens with one attached hydrogen (secondary N) is 3. The zero-order valence-corrected chi connectivity index (χ0v) is 15.3. The summed E-state index contributed by atoms with van der Waals surface area (Å²) in [5, 5.41) is 12.0. The molecule has 0 spiro atoms. The van der Waals surface area contributed by atoms with E-state index < -0.39 is 6.03 Å². The van der Waals surface area contributed by atoms with Gasteiger partial charge in [-0.15, -0.1) is 0 Å². The molecule has 1 aromatic heterocycles. The van der Waals surface area contributed by atoms with Crippen LogP contribution < -0.4 is 16.0 Å². The first-order valence-corrected chi connectivity index (χ1v) is 8.91. The Morgan fingerprint density at radius 3 is 2.93 bits per heavy atom. The van der Waals surface area contributed by atoms with Gasteiger partial charge in [-0.1, -0.05) is 11.2 Å². The molecule has 1 aliphatic heterocycles. The number of amides is 3. The van der Waals surface area contributed by atoms with E-state index in [9.17, 15) is 9.59 Å². The van der Waals surface area contributed by atoms with Crippen molar-refractivity contribution in [2.45, 2.75) is 45.4 Å². The summed E-state index contributed by atoms with van der Waals surface area (Å²) in [5.41, 5.74) is 0.984. The molecule has 9 nitrogen and oxygen atoms in total. The lowest BCUT2D eigenvalue weighted by atomic mass is 10.2. The van der Waals surface area contributed by atoms with Gasteiger partial charge in [0.1, 0.15) is 6.10 Å². The molecule has 144 valence electrons. The van der Waals surface area contributed by atoms with E-state index in [0.29, 0.717) is 29.6 Å². The molecule has 0 aliphatic carbocycles. The van der Waals surface area contributed by atoms with E-state index in [4.69, 9.17) is 9.26 Å². The molecular weight excluding hydrogens is 350 g/mol. The lowest BCUT2D eigenvalue weighted by Crippen LogP contribution is -2.30. The topological polar surface area (TPSA) is 118 Å². The molecule has 1 aromatic carbocycles. The van der Waals surface area contributed by atoms with Gasteiger partial charge in [0.2, 0.25) is 0 Å². The molecule has 0 bridgehead atoms. The van der Waals surface area contributed by atoms with E-state index >= 15 is 0 Å². The number of nitrogens with zero attached hydrogens (tertiary/aromatic N) is 2. The first-order valence-electron chi connectivity index (χ1n) is 8.91. The minimum Gasteiger partial charge on any atom is -0.368 e. The van der Waals surface area contributed by atoms with Crippen LogP contribution in [0.5, 0.6) is 0 Å². The number of ether oxygens (including phenoxy) is 1. The second-order valence-electron chi connectivity index (χ2n) is 6.57. The lowest BCUT2D eigenvalue weighted by molar-refractivity contribution is 0.0835. The van der Waals surface area contributed by atoms with Crippen LogP contribution in [0.2, 0.25) is 0 Å². The van der Waals surface area contributed by atoms with Gasteiger partial charge in [-0.2, -0.15) is 4.98 Å². The van der Waals surface area contributed by atoms with Crippen LogP contribution in [-0.4, -0.2) is 34.7 Å². The Bertz CT molecular complexity index is 799. The third kappa shape index (κ3) is 5.27. The van der Waals surface area contributed by atoms with Gasteiger partial charge in [0.05, 0.1) is 6.54 Å². The van der Waals surface area contributed by atoms with Gasteiger partial charge in [-0.3, -0.25) is 4.79 Å². The van der Waals surface area contributed by atoms with Crippen LogP contribution in [0, 0.1) is 0 Å². The third-order valence-electron chi connectivity index (χ3n) is 3.90. The maximum atomic E-state index is 12.1. The summed E-state index contributed by atoms with van der Waals surface area (Å²) in [6.45, 7) is 4.58. The summed E-state index contributed by atoms with van der Waals surface area (Å²) < 4.78 is 10.7. The molecule has 3 amide bonds. The van der Waals surface area contributed by atoms with Crippen LogP contribution in [0.25, 0.3) is 0 Å². The van der Waals surface area contributed by atoms with Gasteiger partial charge in [0.25, 0.3) is 11.8 Å². The Labute approximate surface area is 156 Å². The summed E-state index contributed by atoms with van der Waals surface area (Å²) in [5.74, 6) is 0.622. The van der Waals surface area contributed by atoms with E-state index in [1.165, 1.54) is 0 Å². The molecule has 3 N–H and O–H groups in total. The second kappa shape index (κ2) is 8.63. The van der Waals surface area contributed by atoms with Crippen molar-refractivity contribution in [2.24, 2.45) is 0 Å². The lowest BCUT2D eigenvalue weighted by Gasteiger charge is -2.10. The first-order chi connectivity index (χ1) is 13.0. The van der Waals surface area contributed by atoms with Crippen molar-refractivity contribution in [1.82, 2.24) is 20.8 Å². The molecule has 2 heterocycles. The van der Waals surface area contributed by atoms with Crippen LogP contribution in [0.15, 0.2) is 28.8 Å². The van der Waals surface area contributed by atoms with Crippen LogP contribution in [0.3, 0.4) is 0 Å². The Kier molecular flexibility index (Phi) is 6.02. The number of urea groups is 1. The molecule has 1 saturated heterocycles. The number of rotatable bonds is 6.